The molecule has 0 fully saturated rings. The molecule has 0 saturated carbocycles. The summed E-state index contributed by atoms with van der Waals surface area (Å²) in [6.45, 7) is 5.98. The molecule has 0 aliphatic heterocycles. The van der Waals surface area contributed by atoms with Crippen molar-refractivity contribution >= 4 is 11.6 Å². The molecule has 1 amide bonds. The number of nitrogens with two attached hydrogens (primary N) is 1. The first-order valence-electron chi connectivity index (χ1n) is 6.37. The molecule has 1 aromatic rings. The zero-order valence-electron chi connectivity index (χ0n) is 11.2. The number of carbonyl (C=O) groups is 1. The quantitative estimate of drug-likeness (QED) is 0.753. The van der Waals surface area contributed by atoms with Crippen molar-refractivity contribution < 1.29 is 9.53 Å². The molecule has 2 N–H and O–H groups in total. The molecule has 0 aliphatic carbocycles. The number of amides is 1. The summed E-state index contributed by atoms with van der Waals surface area (Å²) in [5.74, 6) is 0.0288. The highest BCUT2D eigenvalue weighted by atomic mass is 16.5. The van der Waals surface area contributed by atoms with Crippen molar-refractivity contribution in [1.82, 2.24) is 4.90 Å². The van der Waals surface area contributed by atoms with E-state index in [1.165, 1.54) is 0 Å². The van der Waals surface area contributed by atoms with Crippen LogP contribution in [0.1, 0.15) is 25.8 Å². The van der Waals surface area contributed by atoms with Crippen molar-refractivity contribution in [2.24, 2.45) is 0 Å². The average Bonchev–Trinajstić information content (AvgIpc) is 2.35. The van der Waals surface area contributed by atoms with Crippen LogP contribution < -0.4 is 5.73 Å². The second-order valence-corrected chi connectivity index (χ2v) is 4.20. The summed E-state index contributed by atoms with van der Waals surface area (Å²) in [6, 6.07) is 7.63. The Hall–Kier alpha value is -1.55. The number of hydrogen-bond acceptors (Lipinski definition) is 3. The van der Waals surface area contributed by atoms with Crippen LogP contribution in [0.3, 0.4) is 0 Å². The van der Waals surface area contributed by atoms with Gasteiger partial charge in [-0.1, -0.05) is 19.1 Å². The number of hydrogen-bond donors (Lipinski definition) is 1. The van der Waals surface area contributed by atoms with Gasteiger partial charge in [0.05, 0.1) is 0 Å². The van der Waals surface area contributed by atoms with E-state index in [0.29, 0.717) is 13.2 Å². The Morgan fingerprint density at radius 2 is 2.17 bits per heavy atom. The van der Waals surface area contributed by atoms with Gasteiger partial charge in [-0.25, -0.2) is 0 Å². The Balaban J connectivity index is 2.64. The Morgan fingerprint density at radius 3 is 2.78 bits per heavy atom. The van der Waals surface area contributed by atoms with Crippen molar-refractivity contribution in [3.05, 3.63) is 29.8 Å². The molecule has 0 bridgehead atoms. The highest BCUT2D eigenvalue weighted by Crippen LogP contribution is 2.10. The highest BCUT2D eigenvalue weighted by molar-refractivity contribution is 5.77. The summed E-state index contributed by atoms with van der Waals surface area (Å²) in [5, 5.41) is 0. The van der Waals surface area contributed by atoms with E-state index in [0.717, 1.165) is 24.2 Å². The number of rotatable bonds is 7. The summed E-state index contributed by atoms with van der Waals surface area (Å²) < 4.78 is 5.17. The fraction of sp³-hybridized carbons (Fsp3) is 0.500. The standard InChI is InChI=1S/C14H22N2O2/c1-3-8-16(14(17)11-18-4-2)10-12-6-5-7-13(15)9-12/h5-7,9H,3-4,8,10-11,15H2,1-2H3. The first-order chi connectivity index (χ1) is 8.67. The number of carbonyl (C=O) groups excluding carboxylic acids is 1. The topological polar surface area (TPSA) is 55.6 Å². The maximum absolute atomic E-state index is 12.0. The number of ether oxygens (including phenoxy) is 1. The van der Waals surface area contributed by atoms with E-state index >= 15 is 0 Å². The average molecular weight is 250 g/mol. The van der Waals surface area contributed by atoms with E-state index in [1.807, 2.05) is 36.1 Å². The van der Waals surface area contributed by atoms with Gasteiger partial charge in [0, 0.05) is 25.4 Å². The van der Waals surface area contributed by atoms with Gasteiger partial charge in [-0.15, -0.1) is 0 Å². The van der Waals surface area contributed by atoms with E-state index in [1.54, 1.807) is 0 Å². The molecule has 0 saturated heterocycles. The second kappa shape index (κ2) is 7.71. The smallest absolute Gasteiger partial charge is 0.248 e. The molecule has 0 aromatic heterocycles. The molecule has 1 aromatic carbocycles. The molecule has 0 radical (unpaired) electrons. The highest BCUT2D eigenvalue weighted by Gasteiger charge is 2.13. The lowest BCUT2D eigenvalue weighted by Gasteiger charge is -2.22. The second-order valence-electron chi connectivity index (χ2n) is 4.20. The molecule has 4 heteroatoms. The molecule has 100 valence electrons. The lowest BCUT2D eigenvalue weighted by molar-refractivity contribution is -0.136. The minimum Gasteiger partial charge on any atom is -0.399 e. The van der Waals surface area contributed by atoms with Gasteiger partial charge < -0.3 is 15.4 Å². The molecular weight excluding hydrogens is 228 g/mol. The van der Waals surface area contributed by atoms with Crippen molar-refractivity contribution in [2.45, 2.75) is 26.8 Å². The van der Waals surface area contributed by atoms with Gasteiger partial charge in [-0.3, -0.25) is 4.79 Å². The summed E-state index contributed by atoms with van der Waals surface area (Å²) in [6.07, 6.45) is 0.931. The van der Waals surface area contributed by atoms with Gasteiger partial charge >= 0.3 is 0 Å². The Labute approximate surface area is 109 Å². The SMILES string of the molecule is CCCN(Cc1cccc(N)c1)C(=O)COCC. The molecule has 0 aliphatic rings. The van der Waals surface area contributed by atoms with Crippen LogP contribution >= 0.6 is 0 Å². The third-order valence-corrected chi connectivity index (χ3v) is 2.60. The van der Waals surface area contributed by atoms with Gasteiger partial charge in [-0.2, -0.15) is 0 Å². The monoisotopic (exact) mass is 250 g/mol. The fourth-order valence-electron chi connectivity index (χ4n) is 1.75. The molecule has 1 rings (SSSR count). The molecule has 0 spiro atoms. The molecule has 18 heavy (non-hydrogen) atoms. The van der Waals surface area contributed by atoms with Crippen LogP contribution in [0.2, 0.25) is 0 Å². The summed E-state index contributed by atoms with van der Waals surface area (Å²) in [5.41, 5.74) is 7.51. The first-order valence-corrected chi connectivity index (χ1v) is 6.37. The van der Waals surface area contributed by atoms with Crippen molar-refractivity contribution in [2.75, 3.05) is 25.5 Å². The Morgan fingerprint density at radius 1 is 1.39 bits per heavy atom. The lowest BCUT2D eigenvalue weighted by Crippen LogP contribution is -2.34. The third-order valence-electron chi connectivity index (χ3n) is 2.60. The van der Waals surface area contributed by atoms with Gasteiger partial charge in [-0.05, 0) is 31.0 Å². The number of nitrogen functional groups attached to an aromatic ring is 1. The molecule has 4 nitrogen and oxygen atoms in total. The van der Waals surface area contributed by atoms with E-state index in [2.05, 4.69) is 6.92 Å². The molecular formula is C14H22N2O2. The maximum atomic E-state index is 12.0. The van der Waals surface area contributed by atoms with Crippen LogP contribution in [0.5, 0.6) is 0 Å². The summed E-state index contributed by atoms with van der Waals surface area (Å²) in [7, 11) is 0. The summed E-state index contributed by atoms with van der Waals surface area (Å²) >= 11 is 0. The van der Waals surface area contributed by atoms with E-state index in [-0.39, 0.29) is 12.5 Å². The molecule has 0 atom stereocenters. The summed E-state index contributed by atoms with van der Waals surface area (Å²) in [4.78, 5) is 13.8. The zero-order valence-corrected chi connectivity index (χ0v) is 11.2. The van der Waals surface area contributed by atoms with E-state index in [9.17, 15) is 4.79 Å². The largest absolute Gasteiger partial charge is 0.399 e. The van der Waals surface area contributed by atoms with Crippen LogP contribution in [0.25, 0.3) is 0 Å². The Kier molecular flexibility index (Phi) is 6.22. The van der Waals surface area contributed by atoms with Crippen LogP contribution in [0.4, 0.5) is 5.69 Å². The van der Waals surface area contributed by atoms with Crippen LogP contribution in [-0.4, -0.2) is 30.6 Å². The molecule has 0 unspecified atom stereocenters. The van der Waals surface area contributed by atoms with Crippen molar-refractivity contribution in [1.29, 1.82) is 0 Å². The van der Waals surface area contributed by atoms with Gasteiger partial charge in [0.1, 0.15) is 6.61 Å². The predicted molar refractivity (Wildman–Crippen MR) is 73.1 cm³/mol. The van der Waals surface area contributed by atoms with Crippen molar-refractivity contribution in [3.63, 3.8) is 0 Å². The number of benzene rings is 1. The van der Waals surface area contributed by atoms with Crippen LogP contribution in [0, 0.1) is 0 Å². The van der Waals surface area contributed by atoms with Gasteiger partial charge in [0.25, 0.3) is 0 Å². The number of anilines is 1. The van der Waals surface area contributed by atoms with E-state index < -0.39 is 0 Å². The third kappa shape index (κ3) is 4.75. The van der Waals surface area contributed by atoms with Crippen molar-refractivity contribution in [3.8, 4) is 0 Å². The minimum absolute atomic E-state index is 0.0288. The fourth-order valence-corrected chi connectivity index (χ4v) is 1.75. The lowest BCUT2D eigenvalue weighted by atomic mass is 10.2. The van der Waals surface area contributed by atoms with Crippen LogP contribution in [-0.2, 0) is 16.1 Å². The van der Waals surface area contributed by atoms with Gasteiger partial charge in [0.15, 0.2) is 0 Å². The molecule has 0 heterocycles. The first kappa shape index (κ1) is 14.5. The predicted octanol–water partition coefficient (Wildman–Crippen LogP) is 2.04. The maximum Gasteiger partial charge on any atom is 0.248 e. The van der Waals surface area contributed by atoms with Crippen LogP contribution in [0.15, 0.2) is 24.3 Å². The Bertz CT molecular complexity index is 380. The van der Waals surface area contributed by atoms with Gasteiger partial charge in [0.2, 0.25) is 5.91 Å². The minimum atomic E-state index is 0.0288. The normalized spacial score (nSPS) is 10.3. The zero-order chi connectivity index (χ0) is 13.4. The van der Waals surface area contributed by atoms with E-state index in [4.69, 9.17) is 10.5 Å². The number of nitrogens with zero attached hydrogens (tertiary/aromatic N) is 1.